The van der Waals surface area contributed by atoms with Gasteiger partial charge in [-0.3, -0.25) is 0 Å². The summed E-state index contributed by atoms with van der Waals surface area (Å²) in [6, 6.07) is 12.1. The molecule has 21 heavy (non-hydrogen) atoms. The first-order valence-corrected chi connectivity index (χ1v) is 7.63. The average molecular weight is 299 g/mol. The predicted molar refractivity (Wildman–Crippen MR) is 83.8 cm³/mol. The molecule has 0 saturated carbocycles. The van der Waals surface area contributed by atoms with Crippen LogP contribution in [0.3, 0.4) is 0 Å². The number of rotatable bonds is 5. The molecule has 0 N–H and O–H groups in total. The molecule has 2 unspecified atom stereocenters. The number of anilines is 1. The van der Waals surface area contributed by atoms with Gasteiger partial charge in [0.05, 0.1) is 17.2 Å². The van der Waals surface area contributed by atoms with Crippen molar-refractivity contribution in [2.24, 2.45) is 0 Å². The van der Waals surface area contributed by atoms with Crippen LogP contribution < -0.4 is 4.90 Å². The molecule has 0 aromatic heterocycles. The summed E-state index contributed by atoms with van der Waals surface area (Å²) in [4.78, 5) is 3.52. The number of nitriles is 2. The van der Waals surface area contributed by atoms with Gasteiger partial charge in [-0.05, 0) is 25.5 Å². The highest BCUT2D eigenvalue weighted by molar-refractivity contribution is 8.00. The lowest BCUT2D eigenvalue weighted by Crippen LogP contribution is -2.36. The Kier molecular flexibility index (Phi) is 5.27. The molecule has 0 bridgehead atoms. The maximum atomic E-state index is 8.84. The van der Waals surface area contributed by atoms with E-state index in [-0.39, 0.29) is 17.1 Å². The number of para-hydroxylation sites is 1. The van der Waals surface area contributed by atoms with Gasteiger partial charge in [-0.1, -0.05) is 30.0 Å². The van der Waals surface area contributed by atoms with Gasteiger partial charge in [0.1, 0.15) is 17.7 Å². The Morgan fingerprint density at radius 2 is 2.14 bits per heavy atom. The Bertz CT molecular complexity index is 599. The summed E-state index contributed by atoms with van der Waals surface area (Å²) in [5, 5.41) is 17.9. The van der Waals surface area contributed by atoms with E-state index in [2.05, 4.69) is 17.0 Å². The smallest absolute Gasteiger partial charge is 0.125 e. The van der Waals surface area contributed by atoms with Crippen LogP contribution in [0.4, 0.5) is 5.69 Å². The predicted octanol–water partition coefficient (Wildman–Crippen LogP) is 3.32. The zero-order valence-corrected chi connectivity index (χ0v) is 12.9. The molecule has 1 aliphatic rings. The molecule has 1 aromatic rings. The number of benzene rings is 1. The van der Waals surface area contributed by atoms with Crippen molar-refractivity contribution in [3.63, 3.8) is 0 Å². The maximum Gasteiger partial charge on any atom is 0.125 e. The minimum absolute atomic E-state index is 0.120. The van der Waals surface area contributed by atoms with Gasteiger partial charge in [0.25, 0.3) is 0 Å². The van der Waals surface area contributed by atoms with Crippen LogP contribution in [-0.4, -0.2) is 25.1 Å². The van der Waals surface area contributed by atoms with E-state index in [4.69, 9.17) is 15.3 Å². The molecular formula is C16H17N3OS. The number of thioether (sulfide) groups is 1. The highest BCUT2D eigenvalue weighted by Gasteiger charge is 2.30. The first-order chi connectivity index (χ1) is 10.2. The van der Waals surface area contributed by atoms with Crippen molar-refractivity contribution in [2.45, 2.75) is 29.7 Å². The number of hydrogen-bond donors (Lipinski definition) is 0. The van der Waals surface area contributed by atoms with Crippen LogP contribution >= 0.6 is 11.8 Å². The third-order valence-corrected chi connectivity index (χ3v) is 4.72. The third-order valence-electron chi connectivity index (χ3n) is 3.41. The SMILES string of the molecule is COC(C)CN1c2ccccc2SC1CC=C(C#N)C#N. The van der Waals surface area contributed by atoms with E-state index >= 15 is 0 Å². The third kappa shape index (κ3) is 3.58. The number of hydrogen-bond acceptors (Lipinski definition) is 5. The lowest BCUT2D eigenvalue weighted by atomic mass is 10.2. The molecule has 0 saturated heterocycles. The first-order valence-electron chi connectivity index (χ1n) is 6.75. The highest BCUT2D eigenvalue weighted by atomic mass is 32.2. The monoisotopic (exact) mass is 299 g/mol. The van der Waals surface area contributed by atoms with Crippen molar-refractivity contribution in [3.05, 3.63) is 35.9 Å². The molecule has 4 nitrogen and oxygen atoms in total. The zero-order chi connectivity index (χ0) is 15.2. The Balaban J connectivity index is 2.20. The van der Waals surface area contributed by atoms with E-state index < -0.39 is 0 Å². The van der Waals surface area contributed by atoms with E-state index in [1.54, 1.807) is 24.9 Å². The Morgan fingerprint density at radius 1 is 1.43 bits per heavy atom. The molecule has 1 aliphatic heterocycles. The van der Waals surface area contributed by atoms with Gasteiger partial charge in [-0.2, -0.15) is 10.5 Å². The summed E-state index contributed by atoms with van der Waals surface area (Å²) < 4.78 is 5.37. The van der Waals surface area contributed by atoms with Crippen LogP contribution in [0.2, 0.25) is 0 Å². The van der Waals surface area contributed by atoms with Gasteiger partial charge in [0.15, 0.2) is 0 Å². The van der Waals surface area contributed by atoms with E-state index in [0.717, 1.165) is 6.54 Å². The van der Waals surface area contributed by atoms with Crippen molar-refractivity contribution >= 4 is 17.4 Å². The average Bonchev–Trinajstić information content (AvgIpc) is 2.86. The minimum atomic E-state index is 0.120. The van der Waals surface area contributed by atoms with Crippen LogP contribution in [0.1, 0.15) is 13.3 Å². The lowest BCUT2D eigenvalue weighted by Gasteiger charge is -2.28. The quantitative estimate of drug-likeness (QED) is 0.781. The lowest BCUT2D eigenvalue weighted by molar-refractivity contribution is 0.123. The fourth-order valence-corrected chi connectivity index (χ4v) is 3.51. The second-order valence-corrected chi connectivity index (χ2v) is 6.04. The topological polar surface area (TPSA) is 60.0 Å². The normalized spacial score (nSPS) is 17.5. The number of fused-ring (bicyclic) bond motifs is 1. The van der Waals surface area contributed by atoms with Gasteiger partial charge < -0.3 is 9.64 Å². The highest BCUT2D eigenvalue weighted by Crippen LogP contribution is 2.44. The molecule has 108 valence electrons. The molecule has 0 radical (unpaired) electrons. The van der Waals surface area contributed by atoms with Crippen LogP contribution in [0.15, 0.2) is 40.8 Å². The van der Waals surface area contributed by atoms with Gasteiger partial charge in [-0.25, -0.2) is 0 Å². The number of methoxy groups -OCH3 is 1. The molecule has 0 spiro atoms. The van der Waals surface area contributed by atoms with Crippen molar-refractivity contribution < 1.29 is 4.74 Å². The van der Waals surface area contributed by atoms with Crippen molar-refractivity contribution in [1.82, 2.24) is 0 Å². The first kappa shape index (κ1) is 15.4. The van der Waals surface area contributed by atoms with Crippen LogP contribution in [0.25, 0.3) is 0 Å². The summed E-state index contributed by atoms with van der Waals surface area (Å²) in [7, 11) is 1.71. The summed E-state index contributed by atoms with van der Waals surface area (Å²) in [5.74, 6) is 0. The summed E-state index contributed by atoms with van der Waals surface area (Å²) in [6.45, 7) is 2.82. The summed E-state index contributed by atoms with van der Waals surface area (Å²) in [6.07, 6.45) is 2.50. The van der Waals surface area contributed by atoms with Crippen LogP contribution in [0.5, 0.6) is 0 Å². The van der Waals surface area contributed by atoms with E-state index in [9.17, 15) is 0 Å². The van der Waals surface area contributed by atoms with E-state index in [1.807, 2.05) is 31.2 Å². The van der Waals surface area contributed by atoms with Gasteiger partial charge in [-0.15, -0.1) is 0 Å². The second-order valence-electron chi connectivity index (χ2n) is 4.82. The Morgan fingerprint density at radius 3 is 2.81 bits per heavy atom. The van der Waals surface area contributed by atoms with Crippen molar-refractivity contribution in [3.8, 4) is 12.1 Å². The van der Waals surface area contributed by atoms with Crippen molar-refractivity contribution in [2.75, 3.05) is 18.6 Å². The maximum absolute atomic E-state index is 8.84. The van der Waals surface area contributed by atoms with E-state index in [1.165, 1.54) is 10.6 Å². The Hall–Kier alpha value is -1.95. The fraction of sp³-hybridized carbons (Fsp3) is 0.375. The zero-order valence-electron chi connectivity index (χ0n) is 12.1. The number of ether oxygens (including phenoxy) is 1. The van der Waals surface area contributed by atoms with Gasteiger partial charge in [0.2, 0.25) is 0 Å². The largest absolute Gasteiger partial charge is 0.380 e. The summed E-state index contributed by atoms with van der Waals surface area (Å²) >= 11 is 1.77. The molecule has 5 heteroatoms. The minimum Gasteiger partial charge on any atom is -0.380 e. The van der Waals surface area contributed by atoms with E-state index in [0.29, 0.717) is 6.42 Å². The molecule has 0 aliphatic carbocycles. The Labute approximate surface area is 129 Å². The number of nitrogens with zero attached hydrogens (tertiary/aromatic N) is 3. The molecule has 2 atom stereocenters. The van der Waals surface area contributed by atoms with Crippen molar-refractivity contribution in [1.29, 1.82) is 10.5 Å². The van der Waals surface area contributed by atoms with Crippen LogP contribution in [0, 0.1) is 22.7 Å². The molecule has 1 heterocycles. The number of allylic oxidation sites excluding steroid dienone is 1. The fourth-order valence-electron chi connectivity index (χ4n) is 2.24. The summed E-state index contributed by atoms with van der Waals surface area (Å²) in [5.41, 5.74) is 1.37. The standard InChI is InChI=1S/C16H17N3OS/c1-12(20-2)11-19-14-5-3-4-6-15(14)21-16(19)8-7-13(9-17)10-18/h3-7,12,16H,8,11H2,1-2H3. The molecular weight excluding hydrogens is 282 g/mol. The van der Waals surface area contributed by atoms with Gasteiger partial charge >= 0.3 is 0 Å². The van der Waals surface area contributed by atoms with Gasteiger partial charge in [0, 0.05) is 18.6 Å². The second kappa shape index (κ2) is 7.17. The molecule has 1 aromatic carbocycles. The molecule has 0 amide bonds. The van der Waals surface area contributed by atoms with Crippen LogP contribution in [-0.2, 0) is 4.74 Å². The molecule has 2 rings (SSSR count). The molecule has 0 fully saturated rings.